The number of aromatic nitrogens is 1. The van der Waals surface area contributed by atoms with Crippen molar-refractivity contribution in [1.82, 2.24) is 14.8 Å². The number of furan rings is 1. The molecule has 3 heterocycles. The van der Waals surface area contributed by atoms with Gasteiger partial charge in [0.15, 0.2) is 5.76 Å². The fraction of sp³-hybridized carbons (Fsp3) is 0.259. The molecule has 1 aliphatic rings. The summed E-state index contributed by atoms with van der Waals surface area (Å²) < 4.78 is 5.45. The van der Waals surface area contributed by atoms with E-state index in [0.717, 1.165) is 49.2 Å². The zero-order valence-electron chi connectivity index (χ0n) is 18.5. The van der Waals surface area contributed by atoms with Gasteiger partial charge in [-0.25, -0.2) is 4.98 Å². The van der Waals surface area contributed by atoms with Gasteiger partial charge in [0.05, 0.1) is 12.8 Å². The summed E-state index contributed by atoms with van der Waals surface area (Å²) in [5.74, 6) is 1.11. The first-order chi connectivity index (χ1) is 16.3. The number of carbonyl (C=O) groups is 1. The van der Waals surface area contributed by atoms with Crippen LogP contribution in [0.25, 0.3) is 11.5 Å². The van der Waals surface area contributed by atoms with E-state index >= 15 is 0 Å². The largest absolute Gasteiger partial charge is 0.463 e. The fourth-order valence-electron chi connectivity index (χ4n) is 4.37. The summed E-state index contributed by atoms with van der Waals surface area (Å²) >= 11 is 1.66. The van der Waals surface area contributed by atoms with Gasteiger partial charge < -0.3 is 9.32 Å². The standard InChI is InChI=1S/C27H27N3O2S/c31-27(18-23(21-8-3-1-4-9-21)22-10-5-2-6-11-22)30-15-13-29(14-16-30)19-26-28-24(20-33-26)25-12-7-17-32-25/h1-12,17,20,23H,13-16,18-19H2. The Morgan fingerprint density at radius 1 is 0.909 bits per heavy atom. The van der Waals surface area contributed by atoms with Crippen LogP contribution in [0.4, 0.5) is 0 Å². The van der Waals surface area contributed by atoms with Crippen molar-refractivity contribution in [2.45, 2.75) is 18.9 Å². The number of rotatable bonds is 7. The van der Waals surface area contributed by atoms with E-state index in [1.165, 1.54) is 11.1 Å². The first-order valence-corrected chi connectivity index (χ1v) is 12.2. The Bertz CT molecular complexity index is 1110. The van der Waals surface area contributed by atoms with E-state index in [4.69, 9.17) is 9.40 Å². The Balaban J connectivity index is 1.18. The topological polar surface area (TPSA) is 49.6 Å². The summed E-state index contributed by atoms with van der Waals surface area (Å²) in [6.07, 6.45) is 2.16. The summed E-state index contributed by atoms with van der Waals surface area (Å²) in [6.45, 7) is 4.05. The average Bonchev–Trinajstić information content (AvgIpc) is 3.56. The highest BCUT2D eigenvalue weighted by Gasteiger charge is 2.25. The molecule has 4 aromatic rings. The lowest BCUT2D eigenvalue weighted by atomic mass is 9.88. The van der Waals surface area contributed by atoms with Crippen LogP contribution in [0.2, 0.25) is 0 Å². The van der Waals surface area contributed by atoms with Crippen LogP contribution >= 0.6 is 11.3 Å². The van der Waals surface area contributed by atoms with Gasteiger partial charge in [-0.3, -0.25) is 9.69 Å². The molecule has 168 valence electrons. The minimum absolute atomic E-state index is 0.0771. The molecule has 6 heteroatoms. The summed E-state index contributed by atoms with van der Waals surface area (Å²) in [5, 5.41) is 3.12. The average molecular weight is 458 g/mol. The Hall–Kier alpha value is -3.22. The molecule has 2 aromatic heterocycles. The number of hydrogen-bond acceptors (Lipinski definition) is 5. The molecule has 0 N–H and O–H groups in total. The molecule has 0 spiro atoms. The predicted octanol–water partition coefficient (Wildman–Crippen LogP) is 5.27. The smallest absolute Gasteiger partial charge is 0.223 e. The number of amides is 1. The molecule has 0 unspecified atom stereocenters. The van der Waals surface area contributed by atoms with Crippen molar-refractivity contribution >= 4 is 17.2 Å². The highest BCUT2D eigenvalue weighted by atomic mass is 32.1. The van der Waals surface area contributed by atoms with E-state index < -0.39 is 0 Å². The van der Waals surface area contributed by atoms with E-state index in [2.05, 4.69) is 29.2 Å². The third kappa shape index (κ3) is 5.24. The minimum atomic E-state index is 0.0771. The predicted molar refractivity (Wildman–Crippen MR) is 131 cm³/mol. The molecule has 5 rings (SSSR count). The van der Waals surface area contributed by atoms with Gasteiger partial charge >= 0.3 is 0 Å². The lowest BCUT2D eigenvalue weighted by Crippen LogP contribution is -2.48. The van der Waals surface area contributed by atoms with Crippen LogP contribution < -0.4 is 0 Å². The Kier molecular flexibility index (Phi) is 6.65. The van der Waals surface area contributed by atoms with Crippen LogP contribution in [0.5, 0.6) is 0 Å². The summed E-state index contributed by atoms with van der Waals surface area (Å²) in [6, 6.07) is 24.5. The second kappa shape index (κ2) is 10.1. The van der Waals surface area contributed by atoms with Crippen molar-refractivity contribution in [3.05, 3.63) is 101 Å². The quantitative estimate of drug-likeness (QED) is 0.379. The lowest BCUT2D eigenvalue weighted by molar-refractivity contribution is -0.133. The second-order valence-corrected chi connectivity index (χ2v) is 9.28. The van der Waals surface area contributed by atoms with E-state index in [1.54, 1.807) is 17.6 Å². The Morgan fingerprint density at radius 2 is 1.58 bits per heavy atom. The molecule has 1 aliphatic heterocycles. The van der Waals surface area contributed by atoms with Gasteiger partial charge in [-0.2, -0.15) is 0 Å². The maximum Gasteiger partial charge on any atom is 0.223 e. The zero-order valence-corrected chi connectivity index (χ0v) is 19.3. The van der Waals surface area contributed by atoms with E-state index in [0.29, 0.717) is 6.42 Å². The lowest BCUT2D eigenvalue weighted by Gasteiger charge is -2.35. The van der Waals surface area contributed by atoms with Crippen LogP contribution in [0, 0.1) is 0 Å². The molecule has 1 fully saturated rings. The van der Waals surface area contributed by atoms with Crippen molar-refractivity contribution in [2.75, 3.05) is 26.2 Å². The van der Waals surface area contributed by atoms with Crippen LogP contribution in [0.1, 0.15) is 28.5 Å². The molecule has 33 heavy (non-hydrogen) atoms. The van der Waals surface area contributed by atoms with Gasteiger partial charge in [-0.15, -0.1) is 11.3 Å². The molecular formula is C27H27N3O2S. The Labute approximate surface area is 198 Å². The van der Waals surface area contributed by atoms with Crippen LogP contribution in [-0.4, -0.2) is 46.9 Å². The van der Waals surface area contributed by atoms with Crippen molar-refractivity contribution in [3.63, 3.8) is 0 Å². The van der Waals surface area contributed by atoms with E-state index in [-0.39, 0.29) is 11.8 Å². The van der Waals surface area contributed by atoms with Crippen molar-refractivity contribution < 1.29 is 9.21 Å². The molecule has 0 saturated carbocycles. The summed E-state index contributed by atoms with van der Waals surface area (Å²) in [4.78, 5) is 22.3. The molecule has 0 aliphatic carbocycles. The van der Waals surface area contributed by atoms with Gasteiger partial charge in [-0.05, 0) is 23.3 Å². The van der Waals surface area contributed by atoms with Crippen LogP contribution in [0.15, 0.2) is 88.9 Å². The highest BCUT2D eigenvalue weighted by molar-refractivity contribution is 7.09. The van der Waals surface area contributed by atoms with Gasteiger partial charge in [0, 0.05) is 43.9 Å². The third-order valence-corrected chi connectivity index (χ3v) is 7.03. The second-order valence-electron chi connectivity index (χ2n) is 8.34. The maximum atomic E-state index is 13.2. The monoisotopic (exact) mass is 457 g/mol. The van der Waals surface area contributed by atoms with E-state index in [1.807, 2.05) is 58.8 Å². The molecule has 1 saturated heterocycles. The summed E-state index contributed by atoms with van der Waals surface area (Å²) in [7, 11) is 0. The summed E-state index contributed by atoms with van der Waals surface area (Å²) in [5.41, 5.74) is 3.26. The number of carbonyl (C=O) groups excluding carboxylic acids is 1. The number of piperazine rings is 1. The van der Waals surface area contributed by atoms with Crippen LogP contribution in [-0.2, 0) is 11.3 Å². The molecule has 2 aromatic carbocycles. The maximum absolute atomic E-state index is 13.2. The highest BCUT2D eigenvalue weighted by Crippen LogP contribution is 2.29. The fourth-order valence-corrected chi connectivity index (χ4v) is 5.19. The molecule has 0 atom stereocenters. The molecule has 5 nitrogen and oxygen atoms in total. The minimum Gasteiger partial charge on any atom is -0.463 e. The third-order valence-electron chi connectivity index (χ3n) is 6.19. The number of benzene rings is 2. The van der Waals surface area contributed by atoms with Crippen molar-refractivity contribution in [3.8, 4) is 11.5 Å². The zero-order chi connectivity index (χ0) is 22.5. The first-order valence-electron chi connectivity index (χ1n) is 11.3. The van der Waals surface area contributed by atoms with Crippen molar-refractivity contribution in [2.24, 2.45) is 0 Å². The first kappa shape index (κ1) is 21.6. The molecule has 0 radical (unpaired) electrons. The van der Waals surface area contributed by atoms with Gasteiger partial charge in [-0.1, -0.05) is 60.7 Å². The molecule has 1 amide bonds. The van der Waals surface area contributed by atoms with Gasteiger partial charge in [0.1, 0.15) is 10.7 Å². The van der Waals surface area contributed by atoms with Crippen molar-refractivity contribution in [1.29, 1.82) is 0 Å². The van der Waals surface area contributed by atoms with Crippen LogP contribution in [0.3, 0.4) is 0 Å². The van der Waals surface area contributed by atoms with E-state index in [9.17, 15) is 4.79 Å². The SMILES string of the molecule is O=C(CC(c1ccccc1)c1ccccc1)N1CCN(Cc2nc(-c3ccco3)cs2)CC1. The number of thiazole rings is 1. The van der Waals surface area contributed by atoms with Gasteiger partial charge in [0.2, 0.25) is 5.91 Å². The number of nitrogens with zero attached hydrogens (tertiary/aromatic N) is 3. The number of hydrogen-bond donors (Lipinski definition) is 0. The Morgan fingerprint density at radius 3 is 2.18 bits per heavy atom. The van der Waals surface area contributed by atoms with Gasteiger partial charge in [0.25, 0.3) is 0 Å². The molecule has 0 bridgehead atoms. The molecular weight excluding hydrogens is 430 g/mol. The normalized spacial score (nSPS) is 14.6.